The molecule has 6 nitrogen and oxygen atoms in total. The van der Waals surface area contributed by atoms with Crippen LogP contribution in [0.1, 0.15) is 32.8 Å². The molecule has 2 unspecified atom stereocenters. The molecule has 126 valence electrons. The zero-order valence-electron chi connectivity index (χ0n) is 14.3. The van der Waals surface area contributed by atoms with Gasteiger partial charge in [0.25, 0.3) is 5.91 Å². The van der Waals surface area contributed by atoms with Crippen LogP contribution in [0.3, 0.4) is 0 Å². The predicted molar refractivity (Wildman–Crippen MR) is 87.9 cm³/mol. The second-order valence-electron chi connectivity index (χ2n) is 6.13. The van der Waals surface area contributed by atoms with Crippen molar-refractivity contribution < 1.29 is 19.4 Å². The summed E-state index contributed by atoms with van der Waals surface area (Å²) in [5.41, 5.74) is -1.25. The van der Waals surface area contributed by atoms with Gasteiger partial charge in [0.2, 0.25) is 0 Å². The quantitative estimate of drug-likeness (QED) is 0.870. The molecule has 1 aliphatic rings. The Balaban J connectivity index is 2.24. The number of carbonyl (C=O) groups excluding carboxylic acids is 1. The Morgan fingerprint density at radius 2 is 1.96 bits per heavy atom. The molecule has 0 fully saturated rings. The van der Waals surface area contributed by atoms with Gasteiger partial charge >= 0.3 is 0 Å². The van der Waals surface area contributed by atoms with Crippen LogP contribution >= 0.6 is 0 Å². The minimum atomic E-state index is -1.23. The van der Waals surface area contributed by atoms with Gasteiger partial charge in [-0.05, 0) is 38.0 Å². The number of ether oxygens (including phenoxy) is 2. The maximum absolute atomic E-state index is 12.7. The lowest BCUT2D eigenvalue weighted by Crippen LogP contribution is -2.51. The molecule has 1 heterocycles. The second kappa shape index (κ2) is 6.20. The maximum Gasteiger partial charge on any atom is 0.258 e. The first-order valence-electron chi connectivity index (χ1n) is 7.60. The van der Waals surface area contributed by atoms with Crippen molar-refractivity contribution in [3.05, 3.63) is 23.8 Å². The number of methoxy groups -OCH3 is 2. The van der Waals surface area contributed by atoms with E-state index in [4.69, 9.17) is 9.47 Å². The van der Waals surface area contributed by atoms with Gasteiger partial charge in [0.15, 0.2) is 11.5 Å². The summed E-state index contributed by atoms with van der Waals surface area (Å²) < 4.78 is 10.5. The van der Waals surface area contributed by atoms with Crippen LogP contribution in [-0.2, 0) is 11.2 Å². The van der Waals surface area contributed by atoms with Gasteiger partial charge in [-0.15, -0.1) is 0 Å². The minimum absolute atomic E-state index is 0.209. The van der Waals surface area contributed by atoms with Crippen molar-refractivity contribution in [3.8, 4) is 11.5 Å². The number of carbonyl (C=O) groups is 1. The van der Waals surface area contributed by atoms with Gasteiger partial charge in [0.1, 0.15) is 11.3 Å². The first-order valence-corrected chi connectivity index (χ1v) is 7.60. The molecule has 1 N–H and O–H groups in total. The van der Waals surface area contributed by atoms with Gasteiger partial charge < -0.3 is 14.6 Å². The van der Waals surface area contributed by atoms with Crippen molar-refractivity contribution in [2.45, 2.75) is 44.9 Å². The summed E-state index contributed by atoms with van der Waals surface area (Å²) >= 11 is 0. The Morgan fingerprint density at radius 1 is 1.30 bits per heavy atom. The average molecular weight is 320 g/mol. The summed E-state index contributed by atoms with van der Waals surface area (Å²) in [4.78, 5) is 18.4. The first kappa shape index (κ1) is 17.3. The van der Waals surface area contributed by atoms with E-state index in [1.807, 2.05) is 19.1 Å². The largest absolute Gasteiger partial charge is 0.493 e. The molecule has 0 saturated heterocycles. The molecule has 1 aliphatic heterocycles. The second-order valence-corrected chi connectivity index (χ2v) is 6.13. The first-order chi connectivity index (χ1) is 10.8. The molecule has 1 aromatic carbocycles. The van der Waals surface area contributed by atoms with Gasteiger partial charge in [-0.1, -0.05) is 13.0 Å². The van der Waals surface area contributed by atoms with Crippen LogP contribution in [0.25, 0.3) is 0 Å². The summed E-state index contributed by atoms with van der Waals surface area (Å²) in [7, 11) is 3.15. The van der Waals surface area contributed by atoms with Crippen LogP contribution in [-0.4, -0.2) is 47.7 Å². The average Bonchev–Trinajstić information content (AvgIpc) is 2.83. The minimum Gasteiger partial charge on any atom is -0.493 e. The topological polar surface area (TPSA) is 71.4 Å². The molecule has 1 aromatic rings. The fourth-order valence-corrected chi connectivity index (χ4v) is 2.58. The van der Waals surface area contributed by atoms with Crippen LogP contribution in [0.4, 0.5) is 0 Å². The lowest BCUT2D eigenvalue weighted by Gasteiger charge is -2.32. The van der Waals surface area contributed by atoms with E-state index in [2.05, 4.69) is 4.99 Å². The van der Waals surface area contributed by atoms with E-state index in [1.54, 1.807) is 34.1 Å². The Hall–Kier alpha value is -2.08. The number of aliphatic imine (C=N–C) groups is 1. The van der Waals surface area contributed by atoms with Crippen molar-refractivity contribution in [1.82, 2.24) is 4.90 Å². The van der Waals surface area contributed by atoms with E-state index in [-0.39, 0.29) is 5.91 Å². The normalized spacial score (nSPS) is 23.0. The summed E-state index contributed by atoms with van der Waals surface area (Å²) in [6.07, 6.45) is 2.28. The Bertz CT molecular complexity index is 627. The smallest absolute Gasteiger partial charge is 0.258 e. The fraction of sp³-hybridized carbons (Fsp3) is 0.529. The van der Waals surface area contributed by atoms with Crippen LogP contribution in [0.15, 0.2) is 23.2 Å². The molecule has 0 saturated carbocycles. The molecule has 0 bridgehead atoms. The van der Waals surface area contributed by atoms with Gasteiger partial charge in [-0.2, -0.15) is 0 Å². The molecular formula is C17H24N2O4. The lowest BCUT2D eigenvalue weighted by molar-refractivity contribution is -0.146. The third kappa shape index (κ3) is 3.17. The van der Waals surface area contributed by atoms with Crippen molar-refractivity contribution in [1.29, 1.82) is 0 Å². The van der Waals surface area contributed by atoms with Crippen LogP contribution < -0.4 is 9.47 Å². The highest BCUT2D eigenvalue weighted by atomic mass is 16.5. The van der Waals surface area contributed by atoms with Crippen molar-refractivity contribution >= 4 is 12.2 Å². The van der Waals surface area contributed by atoms with E-state index >= 15 is 0 Å². The fourth-order valence-electron chi connectivity index (χ4n) is 2.58. The number of hydrogen-bond donors (Lipinski definition) is 1. The molecule has 23 heavy (non-hydrogen) atoms. The zero-order valence-corrected chi connectivity index (χ0v) is 14.3. The Kier molecular flexibility index (Phi) is 4.66. The van der Waals surface area contributed by atoms with Gasteiger partial charge in [0.05, 0.1) is 20.6 Å². The standard InChI is InChI=1S/C17H24N2O4/c1-6-17(3,21)19-11-18-16(2,15(19)20)10-12-7-8-13(22-4)14(9-12)23-5/h7-9,11,21H,6,10H2,1-5H3. The van der Waals surface area contributed by atoms with Crippen LogP contribution in [0, 0.1) is 0 Å². The third-order valence-corrected chi connectivity index (χ3v) is 4.32. The van der Waals surface area contributed by atoms with Gasteiger partial charge in [-0.25, -0.2) is 0 Å². The van der Waals surface area contributed by atoms with E-state index in [0.29, 0.717) is 24.3 Å². The number of rotatable bonds is 6. The molecule has 2 rings (SSSR count). The molecule has 0 aliphatic carbocycles. The van der Waals surface area contributed by atoms with Gasteiger partial charge in [-0.3, -0.25) is 14.7 Å². The molecule has 1 amide bonds. The van der Waals surface area contributed by atoms with E-state index in [9.17, 15) is 9.90 Å². The monoisotopic (exact) mass is 320 g/mol. The Labute approximate surface area is 136 Å². The number of benzene rings is 1. The summed E-state index contributed by atoms with van der Waals surface area (Å²) in [6.45, 7) is 5.21. The number of hydrogen-bond acceptors (Lipinski definition) is 5. The summed E-state index contributed by atoms with van der Waals surface area (Å²) in [5.74, 6) is 1.04. The number of amides is 1. The van der Waals surface area contributed by atoms with Crippen LogP contribution in [0.5, 0.6) is 11.5 Å². The predicted octanol–water partition coefficient (Wildman–Crippen LogP) is 1.99. The van der Waals surface area contributed by atoms with E-state index in [1.165, 1.54) is 11.2 Å². The zero-order chi connectivity index (χ0) is 17.3. The van der Waals surface area contributed by atoms with Crippen molar-refractivity contribution in [2.75, 3.05) is 14.2 Å². The molecule has 0 aromatic heterocycles. The molecule has 2 atom stereocenters. The number of nitrogens with zero attached hydrogens (tertiary/aromatic N) is 2. The van der Waals surface area contributed by atoms with E-state index < -0.39 is 11.3 Å². The lowest BCUT2D eigenvalue weighted by atomic mass is 9.92. The highest BCUT2D eigenvalue weighted by molar-refractivity contribution is 6.00. The molecular weight excluding hydrogens is 296 g/mol. The van der Waals surface area contributed by atoms with Crippen molar-refractivity contribution in [3.63, 3.8) is 0 Å². The SMILES string of the molecule is CCC(C)(O)N1C=NC(C)(Cc2ccc(OC)c(OC)c2)C1=O. The highest BCUT2D eigenvalue weighted by Crippen LogP contribution is 2.33. The highest BCUT2D eigenvalue weighted by Gasteiger charge is 2.46. The molecule has 0 radical (unpaired) electrons. The maximum atomic E-state index is 12.7. The summed E-state index contributed by atoms with van der Waals surface area (Å²) in [6, 6.07) is 5.53. The van der Waals surface area contributed by atoms with E-state index in [0.717, 1.165) is 5.56 Å². The Morgan fingerprint density at radius 3 is 2.52 bits per heavy atom. The van der Waals surface area contributed by atoms with Crippen LogP contribution in [0.2, 0.25) is 0 Å². The van der Waals surface area contributed by atoms with Gasteiger partial charge in [0, 0.05) is 6.42 Å². The van der Waals surface area contributed by atoms with Crippen molar-refractivity contribution in [2.24, 2.45) is 4.99 Å². The molecule has 0 spiro atoms. The number of aliphatic hydroxyl groups is 1. The molecule has 6 heteroatoms. The third-order valence-electron chi connectivity index (χ3n) is 4.32. The summed E-state index contributed by atoms with van der Waals surface area (Å²) in [5, 5.41) is 10.3.